The van der Waals surface area contributed by atoms with Crippen molar-refractivity contribution in [3.8, 4) is 0 Å². The van der Waals surface area contributed by atoms with Gasteiger partial charge in [0.2, 0.25) is 0 Å². The minimum absolute atomic E-state index is 0. The van der Waals surface area contributed by atoms with Crippen LogP contribution >= 0.6 is 0 Å². The maximum absolute atomic E-state index is 1.96. The normalized spacial score (nSPS) is 154. The molecule has 96 saturated carbocycles. The molecule has 77 spiro atoms. The van der Waals surface area contributed by atoms with Crippen molar-refractivity contribution in [3.63, 3.8) is 0 Å². The number of fused-ring (bicyclic) bond motifs is 32. The van der Waals surface area contributed by atoms with E-state index in [2.05, 4.69) is 0 Å². The minimum atomic E-state index is 0. The molecule has 0 aromatic carbocycles. The third kappa shape index (κ3) is 0.677. The molecule has 92 atom stereocenters. The summed E-state index contributed by atoms with van der Waals surface area (Å²) in [5.74, 6) is 52.8. The summed E-state index contributed by atoms with van der Waals surface area (Å²) < 4.78 is 0. The third-order valence-electron chi connectivity index (χ3n) is 113. The van der Waals surface area contributed by atoms with Crippen LogP contribution in [0, 0.1) is 630 Å². The first kappa shape index (κ1) is 39.7. The molecule has 96 aliphatic rings. The highest BCUT2D eigenvalue weighted by Crippen LogP contribution is 3.99. The molecule has 0 amide bonds. The number of halogens is 1. The van der Waals surface area contributed by atoms with Crippen molar-refractivity contribution >= 4 is 8.41 Å². The van der Waals surface area contributed by atoms with Gasteiger partial charge in [-0.15, -0.1) is 0 Å². The lowest BCUT2D eigenvalue weighted by Gasteiger charge is -3.85. The molecule has 92 unspecified atom stereocenters. The molecule has 0 N–H and O–H groups in total. The maximum atomic E-state index is 1.96. The minimum Gasteiger partial charge on any atom is -0.269 e. The largest absolute Gasteiger partial charge is 0.269 e. The Balaban J connectivity index is 0.000000713. The number of hydrogen-bond donors (Lipinski definition) is 0. The molecule has 0 aromatic heterocycles. The average molecular weight is 1530 g/mol. The van der Waals surface area contributed by atoms with Crippen molar-refractivity contribution < 1.29 is 7.56 Å². The maximum Gasteiger partial charge on any atom is 0 e. The first-order chi connectivity index (χ1) is 58.3. The molecule has 3 radical (unpaired) electrons. The van der Waals surface area contributed by atoms with E-state index in [0.717, 1.165) is 195 Å². The SMILES string of the molecule is C.C.C.C1C2C3C4C5C6C7C8CC9C%10C%11C%12C%13C%14C%15C%16C%17C%18C%19CC%20C%21C%22C%23C%24C%25C%26CC%27C%28C%29C%30C%31C%32C%33C%34C%35C%36C1C21C32C43C54C65C76C89C%107C%118C%129C%13%10C%14%11C%15%12C%16%13C%17%14C%18%15C%20%19C%21%16C%22%17C%23%18C%24%19C%25%20C%26%27C%28%21C%29%22C%30%23C%31%24C%32%25C%33%26C%34%27C%35%28C%361C21C32C43C54C67C85C96C%107C%118C%129C%13%10C%14%11C%16%15C%17%12C%18%13C%19%14C%20%21C%22%15C%23%16C%24%17C%25%18C%26%19C%27%20C%281C21C32C45C63C74C85C96C%107C%12%11C%138C%14%15C%169C%17%10C%18%11C%19%12C%201C23C%124C%115C%106C897.F.[2HH].[B].[HH]. The zero-order chi connectivity index (χ0) is 62.1. The molecule has 96 fully saturated rings. The first-order valence-electron chi connectivity index (χ1n) is 58.3. The second-order valence-corrected chi connectivity index (χ2v) is 80.4. The highest BCUT2D eigenvalue weighted by atomic mass is 19.0. The smallest absolute Gasteiger partial charge is 0 e. The van der Waals surface area contributed by atoms with Crippen molar-refractivity contribution in [2.24, 2.45) is 440 Å². The van der Waals surface area contributed by atoms with Crippen molar-refractivity contribution in [2.45, 2.75) is 48.0 Å². The van der Waals surface area contributed by atoms with Gasteiger partial charge >= 0.3 is 0 Å². The van der Waals surface area contributed by atoms with Gasteiger partial charge in [0, 0.05) is 11.3 Å². The molecule has 96 aliphatic carbocycles. The predicted octanol–water partition coefficient (Wildman–Crippen LogP) is 11.0. The summed E-state index contributed by atoms with van der Waals surface area (Å²) in [7, 11) is 0. The molecule has 0 heterocycles. The van der Waals surface area contributed by atoms with Crippen molar-refractivity contribution in [1.29, 1.82) is 0 Å². The van der Waals surface area contributed by atoms with Gasteiger partial charge < -0.3 is 0 Å². The summed E-state index contributed by atoms with van der Waals surface area (Å²) in [4.78, 5) is 0. The Morgan fingerprint density at radius 2 is 0.197 bits per heavy atom. The van der Waals surface area contributed by atoms with E-state index in [0.29, 0.717) is 0 Å². The van der Waals surface area contributed by atoms with Gasteiger partial charge in [0.15, 0.2) is 0 Å². The van der Waals surface area contributed by atoms with E-state index in [1.54, 1.807) is 0 Å². The predicted molar refractivity (Wildman–Crippen MR) is 392 cm³/mol. The van der Waals surface area contributed by atoms with Gasteiger partial charge in [-0.1, -0.05) is 22.3 Å². The van der Waals surface area contributed by atoms with E-state index >= 15 is 0 Å². The van der Waals surface area contributed by atoms with Crippen LogP contribution in [-0.4, -0.2) is 8.41 Å². The van der Waals surface area contributed by atoms with Crippen LogP contribution in [0.4, 0.5) is 4.70 Å². The van der Waals surface area contributed by atoms with Crippen LogP contribution in [0.2, 0.25) is 0 Å². The molecule has 2 heteroatoms. The Hall–Kier alpha value is -0.00506. The fraction of sp³-hybridized carbons (Fsp3) is 1.00. The van der Waals surface area contributed by atoms with E-state index in [-0.39, 0.29) is 38.3 Å². The highest BCUT2D eigenvalue weighted by molar-refractivity contribution is 7.00. The Bertz CT molecular complexity index is 9440. The molecule has 0 aromatic rings. The topological polar surface area (TPSA) is 0 Å². The highest BCUT2D eigenvalue weighted by Gasteiger charge is 3.94. The average Bonchev–Trinajstić information content (AvgIpc) is 0.388. The Morgan fingerprint density at radius 3 is 0.320 bits per heavy atom. The summed E-state index contributed by atoms with van der Waals surface area (Å²) in [5.41, 5.74) is 89.6. The fourth-order valence-corrected chi connectivity index (χ4v) is 152. The quantitative estimate of drug-likeness (QED) is 0.212. The van der Waals surface area contributed by atoms with Crippen molar-refractivity contribution in [2.75, 3.05) is 0 Å². The molecule has 551 valence electrons. The van der Waals surface area contributed by atoms with Gasteiger partial charge in [0.25, 0.3) is 0 Å². The van der Waals surface area contributed by atoms with Gasteiger partial charge in [0.05, 0.1) is 0 Å². The first-order valence-corrected chi connectivity index (χ1v) is 58.3. The zero-order valence-corrected chi connectivity index (χ0v) is 63.1. The fourth-order valence-electron chi connectivity index (χ4n) is 152. The standard InChI is InChI=1S/C117H44.3CH4.B.FH.2H2/c1-5-13-21-29-22-14-6-2-10-18-27-33-37-40-38-34-28-20-12-4-8-16-24-30-23-15-7-3-11-19-26-32-36-39-35-31-25-17-9(1)41(5)45(13)53(21)61(29)54(22)46(14)42(6,10)50(18)59(27)65(33)69(37)72(40)70(38)66(34)60(28)52(20)44(8,12)48(16)56(24)62(30)55(23)47(15)43(7,11)51(19)58(26)64(32)68(36)71(39)67(35)63(31)57(25)49(17,41)73(45)77(53)85(61)78(54)74(46,50)82(59)89(65)93(69)96(72)94(70)90(66)84(60)76(48,52)80(56)86(62)79(55)75(47,51)83(58)88(64)92(68)95(71)91(67)87(63)81(57,73)97(77)101(85)98(78,82)104(89)109(93)112(96)110(94)106(90)100(80,84)102(86)99(79,83)105(88)108(92)111(95)107(91)103(87,97)113(101,104)115(107,109)117(111,112)116(108,110)114(102,105)106;;;;;;;/h5-40H,1-4H2;3*1H4;;3*1H/i;;;;;;1+1;. The monoisotopic (exact) mass is 1530 g/mol. The van der Waals surface area contributed by atoms with Crippen LogP contribution < -0.4 is 0 Å². The Morgan fingerprint density at radius 1 is 0.115 bits per heavy atom. The molecular formula is C120H61BF. The van der Waals surface area contributed by atoms with Gasteiger partial charge in [-0.2, -0.15) is 0 Å². The van der Waals surface area contributed by atoms with Gasteiger partial charge in [-0.25, -0.2) is 0 Å². The molecule has 0 bridgehead atoms. The lowest BCUT2D eigenvalue weighted by Crippen LogP contribution is -3.80. The van der Waals surface area contributed by atoms with E-state index in [1.807, 2.05) is 25.7 Å². The third-order valence-corrected chi connectivity index (χ3v) is 113. The van der Waals surface area contributed by atoms with Crippen LogP contribution in [0.3, 0.4) is 0 Å². The summed E-state index contributed by atoms with van der Waals surface area (Å²) in [6.07, 6.45) is 7.84. The van der Waals surface area contributed by atoms with Crippen LogP contribution in [-0.2, 0) is 0 Å². The zero-order valence-electron chi connectivity index (χ0n) is 63.1. The van der Waals surface area contributed by atoms with Crippen LogP contribution in [0.15, 0.2) is 0 Å². The van der Waals surface area contributed by atoms with Gasteiger partial charge in [-0.3, -0.25) is 4.70 Å². The van der Waals surface area contributed by atoms with Gasteiger partial charge in [0.1, 0.15) is 0 Å². The molecule has 0 saturated heterocycles. The molecular weight excluding hydrogens is 1470 g/mol. The summed E-state index contributed by atoms with van der Waals surface area (Å²) in [6, 6.07) is 0. The van der Waals surface area contributed by atoms with E-state index in [9.17, 15) is 0 Å². The van der Waals surface area contributed by atoms with E-state index in [1.165, 1.54) is 435 Å². The summed E-state index contributed by atoms with van der Waals surface area (Å²) in [5, 5.41) is 0. The second-order valence-electron chi connectivity index (χ2n) is 80.4. The molecule has 0 aliphatic heterocycles. The van der Waals surface area contributed by atoms with Crippen LogP contribution in [0.1, 0.15) is 50.8 Å². The number of hydrogen-bond acceptors (Lipinski definition) is 0. The van der Waals surface area contributed by atoms with Crippen LogP contribution in [0.5, 0.6) is 0 Å². The molecule has 96 rings (SSSR count). The Kier molecular flexibility index (Phi) is 1.72. The lowest BCUT2D eigenvalue weighted by atomic mass is 8.16. The van der Waals surface area contributed by atoms with Crippen molar-refractivity contribution in [1.82, 2.24) is 0 Å². The van der Waals surface area contributed by atoms with Gasteiger partial charge in [-0.05, 0) is 656 Å². The molecule has 0 nitrogen and oxygen atoms in total. The number of rotatable bonds is 0. The van der Waals surface area contributed by atoms with Crippen LogP contribution in [0.25, 0.3) is 0 Å². The molecule has 122 heavy (non-hydrogen) atoms. The van der Waals surface area contributed by atoms with E-state index in [4.69, 9.17) is 0 Å². The van der Waals surface area contributed by atoms with Crippen molar-refractivity contribution in [3.05, 3.63) is 190 Å². The summed E-state index contributed by atoms with van der Waals surface area (Å²) >= 11 is 0. The summed E-state index contributed by atoms with van der Waals surface area (Å²) in [6.45, 7) is 0. The lowest BCUT2D eigenvalue weighted by molar-refractivity contribution is -1.15. The van der Waals surface area contributed by atoms with E-state index < -0.39 is 0 Å². The second kappa shape index (κ2) is 5.29. The Labute approximate surface area is 689 Å².